The maximum atomic E-state index is 11.4. The Labute approximate surface area is 119 Å². The molecule has 0 saturated heterocycles. The average molecular weight is 362 g/mol. The molecular formula is C11H15IN4O2. The highest BCUT2D eigenvalue weighted by Crippen LogP contribution is 2.12. The van der Waals surface area contributed by atoms with Crippen molar-refractivity contribution < 1.29 is 9.59 Å². The van der Waals surface area contributed by atoms with Crippen LogP contribution in [0.3, 0.4) is 0 Å². The van der Waals surface area contributed by atoms with Crippen molar-refractivity contribution in [3.8, 4) is 0 Å². The zero-order chi connectivity index (χ0) is 13.4. The Kier molecular flexibility index (Phi) is 6.26. The van der Waals surface area contributed by atoms with Gasteiger partial charge in [-0.1, -0.05) is 6.92 Å². The second-order valence-corrected chi connectivity index (χ2v) is 4.46. The number of rotatable bonds is 5. The Morgan fingerprint density at radius 3 is 2.33 bits per heavy atom. The molecule has 3 amide bonds. The second kappa shape index (κ2) is 7.75. The molecule has 0 saturated carbocycles. The highest BCUT2D eigenvalue weighted by atomic mass is 127. The van der Waals surface area contributed by atoms with Crippen LogP contribution in [0.1, 0.15) is 13.3 Å². The SMILES string of the molecule is CCCNC(=O)Nc1ccc(NNC(=O)I)cc1. The van der Waals surface area contributed by atoms with E-state index in [-0.39, 0.29) is 9.95 Å². The smallest absolute Gasteiger partial charge is 0.319 e. The summed E-state index contributed by atoms with van der Waals surface area (Å²) in [6.07, 6.45) is 0.895. The molecule has 1 rings (SSSR count). The first kappa shape index (κ1) is 14.6. The number of hydrazine groups is 1. The molecule has 0 bridgehead atoms. The molecule has 0 unspecified atom stereocenters. The van der Waals surface area contributed by atoms with Crippen LogP contribution in [0.4, 0.5) is 21.0 Å². The van der Waals surface area contributed by atoms with Gasteiger partial charge in [0.25, 0.3) is 3.91 Å². The molecule has 1 aromatic rings. The minimum atomic E-state index is -0.224. The third-order valence-corrected chi connectivity index (χ3v) is 2.25. The largest absolute Gasteiger partial charge is 0.338 e. The van der Waals surface area contributed by atoms with Gasteiger partial charge in [0.1, 0.15) is 0 Å². The quantitative estimate of drug-likeness (QED) is 0.281. The Balaban J connectivity index is 2.44. The average Bonchev–Trinajstić information content (AvgIpc) is 2.35. The van der Waals surface area contributed by atoms with E-state index in [2.05, 4.69) is 21.5 Å². The standard InChI is InChI=1S/C11H15IN4O2/c1-2-7-13-11(18)14-8-3-5-9(6-4-8)15-16-10(12)17/h3-6,15H,2,7H2,1H3,(H,16,17)(H2,13,14,18). The number of benzene rings is 1. The number of urea groups is 1. The lowest BCUT2D eigenvalue weighted by Crippen LogP contribution is -2.29. The topological polar surface area (TPSA) is 82.3 Å². The van der Waals surface area contributed by atoms with Gasteiger partial charge in [0.2, 0.25) is 0 Å². The van der Waals surface area contributed by atoms with Crippen molar-refractivity contribution in [1.82, 2.24) is 10.7 Å². The van der Waals surface area contributed by atoms with Crippen molar-refractivity contribution in [2.24, 2.45) is 0 Å². The summed E-state index contributed by atoms with van der Waals surface area (Å²) in [6.45, 7) is 2.63. The van der Waals surface area contributed by atoms with Crippen LogP contribution >= 0.6 is 22.6 Å². The van der Waals surface area contributed by atoms with Crippen LogP contribution in [-0.4, -0.2) is 16.5 Å². The van der Waals surface area contributed by atoms with Gasteiger partial charge >= 0.3 is 6.03 Å². The molecule has 0 radical (unpaired) electrons. The Morgan fingerprint density at radius 1 is 1.17 bits per heavy atom. The first-order valence-electron chi connectivity index (χ1n) is 5.48. The van der Waals surface area contributed by atoms with Crippen molar-refractivity contribution in [2.45, 2.75) is 13.3 Å². The molecule has 0 aliphatic carbocycles. The number of nitrogens with one attached hydrogen (secondary N) is 4. The molecule has 0 fully saturated rings. The molecule has 0 heterocycles. The predicted octanol–water partition coefficient (Wildman–Crippen LogP) is 2.69. The van der Waals surface area contributed by atoms with E-state index in [0.29, 0.717) is 12.2 Å². The lowest BCUT2D eigenvalue weighted by molar-refractivity contribution is 0.252. The van der Waals surface area contributed by atoms with Crippen LogP contribution in [0.15, 0.2) is 24.3 Å². The number of anilines is 2. The zero-order valence-electron chi connectivity index (χ0n) is 9.92. The van der Waals surface area contributed by atoms with E-state index in [1.54, 1.807) is 46.9 Å². The summed E-state index contributed by atoms with van der Waals surface area (Å²) < 4.78 is -0.200. The van der Waals surface area contributed by atoms with Gasteiger partial charge in [0.05, 0.1) is 5.69 Å². The summed E-state index contributed by atoms with van der Waals surface area (Å²) in [4.78, 5) is 22.1. The molecule has 6 nitrogen and oxygen atoms in total. The number of hydrogen-bond donors (Lipinski definition) is 4. The van der Waals surface area contributed by atoms with Crippen molar-refractivity contribution in [3.63, 3.8) is 0 Å². The summed E-state index contributed by atoms with van der Waals surface area (Å²) >= 11 is 1.63. The number of carbonyl (C=O) groups excluding carboxylic acids is 2. The van der Waals surface area contributed by atoms with Crippen molar-refractivity contribution in [1.29, 1.82) is 0 Å². The first-order valence-corrected chi connectivity index (χ1v) is 6.56. The van der Waals surface area contributed by atoms with Crippen molar-refractivity contribution in [3.05, 3.63) is 24.3 Å². The first-order chi connectivity index (χ1) is 8.61. The maximum absolute atomic E-state index is 11.4. The number of halogens is 1. The number of carbonyl (C=O) groups is 2. The normalized spacial score (nSPS) is 9.44. The predicted molar refractivity (Wildman–Crippen MR) is 79.9 cm³/mol. The van der Waals surface area contributed by atoms with Crippen LogP contribution in [0, 0.1) is 0 Å². The van der Waals surface area contributed by atoms with Gasteiger partial charge in [-0.2, -0.15) is 0 Å². The van der Waals surface area contributed by atoms with Crippen LogP contribution in [0.5, 0.6) is 0 Å². The van der Waals surface area contributed by atoms with E-state index in [9.17, 15) is 9.59 Å². The monoisotopic (exact) mass is 362 g/mol. The van der Waals surface area contributed by atoms with E-state index in [4.69, 9.17) is 0 Å². The van der Waals surface area contributed by atoms with Crippen LogP contribution in [0.25, 0.3) is 0 Å². The Morgan fingerprint density at radius 2 is 1.78 bits per heavy atom. The summed E-state index contributed by atoms with van der Waals surface area (Å²) in [5.74, 6) is 0. The molecule has 0 spiro atoms. The molecule has 4 N–H and O–H groups in total. The molecule has 98 valence electrons. The maximum Gasteiger partial charge on any atom is 0.319 e. The zero-order valence-corrected chi connectivity index (χ0v) is 12.1. The van der Waals surface area contributed by atoms with Gasteiger partial charge in [-0.25, -0.2) is 4.79 Å². The van der Waals surface area contributed by atoms with E-state index in [1.165, 1.54) is 0 Å². The van der Waals surface area contributed by atoms with Gasteiger partial charge in [0, 0.05) is 34.8 Å². The van der Waals surface area contributed by atoms with Crippen LogP contribution < -0.4 is 21.5 Å². The van der Waals surface area contributed by atoms with Gasteiger partial charge < -0.3 is 10.6 Å². The van der Waals surface area contributed by atoms with Crippen molar-refractivity contribution >= 4 is 43.9 Å². The van der Waals surface area contributed by atoms with E-state index in [0.717, 1.165) is 12.1 Å². The molecule has 7 heteroatoms. The molecule has 18 heavy (non-hydrogen) atoms. The highest BCUT2D eigenvalue weighted by molar-refractivity contribution is 14.1. The number of amides is 3. The van der Waals surface area contributed by atoms with Gasteiger partial charge in [-0.3, -0.25) is 15.6 Å². The fourth-order valence-electron chi connectivity index (χ4n) is 1.17. The summed E-state index contributed by atoms with van der Waals surface area (Å²) in [5, 5.41) is 5.41. The number of hydrogen-bond acceptors (Lipinski definition) is 3. The van der Waals surface area contributed by atoms with E-state index in [1.807, 2.05) is 6.92 Å². The lowest BCUT2D eigenvalue weighted by atomic mass is 10.3. The second-order valence-electron chi connectivity index (χ2n) is 3.48. The lowest BCUT2D eigenvalue weighted by Gasteiger charge is -2.08. The molecule has 0 atom stereocenters. The van der Waals surface area contributed by atoms with Gasteiger partial charge in [-0.15, -0.1) is 0 Å². The fraction of sp³-hybridized carbons (Fsp3) is 0.273. The summed E-state index contributed by atoms with van der Waals surface area (Å²) in [6, 6.07) is 6.77. The van der Waals surface area contributed by atoms with Crippen LogP contribution in [-0.2, 0) is 0 Å². The fourth-order valence-corrected chi connectivity index (χ4v) is 1.31. The molecule has 0 aromatic heterocycles. The van der Waals surface area contributed by atoms with E-state index >= 15 is 0 Å². The summed E-state index contributed by atoms with van der Waals surface area (Å²) in [7, 11) is 0. The Bertz CT molecular complexity index is 408. The molecule has 0 aliphatic rings. The minimum absolute atomic E-state index is 0.200. The van der Waals surface area contributed by atoms with Gasteiger partial charge in [-0.05, 0) is 30.7 Å². The Hall–Kier alpha value is -1.51. The molecule has 0 aliphatic heterocycles. The molecule has 1 aromatic carbocycles. The van der Waals surface area contributed by atoms with Gasteiger partial charge in [0.15, 0.2) is 0 Å². The third kappa shape index (κ3) is 5.71. The molecular weight excluding hydrogens is 347 g/mol. The summed E-state index contributed by atoms with van der Waals surface area (Å²) in [5.41, 5.74) is 6.60. The van der Waals surface area contributed by atoms with E-state index < -0.39 is 0 Å². The van der Waals surface area contributed by atoms with Crippen LogP contribution in [0.2, 0.25) is 0 Å². The third-order valence-electron chi connectivity index (χ3n) is 1.98. The minimum Gasteiger partial charge on any atom is -0.338 e. The highest BCUT2D eigenvalue weighted by Gasteiger charge is 2.00. The van der Waals surface area contributed by atoms with Crippen molar-refractivity contribution in [2.75, 3.05) is 17.3 Å².